The molecule has 2 aliphatic heterocycles. The highest BCUT2D eigenvalue weighted by molar-refractivity contribution is 5.83. The molecule has 8 heteroatoms. The zero-order valence-corrected chi connectivity index (χ0v) is 21.3. The number of ether oxygens (including phenoxy) is 4. The van der Waals surface area contributed by atoms with Crippen molar-refractivity contribution >= 4 is 17.7 Å². The summed E-state index contributed by atoms with van der Waals surface area (Å²) in [5, 5.41) is 3.46. The van der Waals surface area contributed by atoms with Crippen LogP contribution in [0.2, 0.25) is 0 Å². The van der Waals surface area contributed by atoms with E-state index in [1.807, 2.05) is 36.4 Å². The average molecular weight is 495 g/mol. The molecule has 2 aliphatic rings. The minimum Gasteiger partial charge on any atom is -0.490 e. The van der Waals surface area contributed by atoms with Gasteiger partial charge in [-0.1, -0.05) is 24.8 Å². The van der Waals surface area contributed by atoms with Crippen molar-refractivity contribution in [1.82, 2.24) is 4.90 Å². The maximum Gasteiger partial charge on any atom is 0.411 e. The SMILES string of the molecule is C=CCOc1ccc(C2CCNc3cc4c(cc3O2)CN(C(=O)OC(C)(C)C)[C@H](C(=O)OC)C4)cc1. The molecule has 0 aromatic heterocycles. The van der Waals surface area contributed by atoms with Gasteiger partial charge < -0.3 is 24.3 Å². The number of anilines is 1. The summed E-state index contributed by atoms with van der Waals surface area (Å²) in [5.41, 5.74) is 3.13. The first-order chi connectivity index (χ1) is 17.2. The van der Waals surface area contributed by atoms with Gasteiger partial charge in [-0.3, -0.25) is 4.90 Å². The van der Waals surface area contributed by atoms with Crippen molar-refractivity contribution in [2.75, 3.05) is 25.6 Å². The molecule has 2 aromatic rings. The lowest BCUT2D eigenvalue weighted by Crippen LogP contribution is -2.50. The first-order valence-electron chi connectivity index (χ1n) is 12.2. The first-order valence-corrected chi connectivity index (χ1v) is 12.2. The molecule has 1 amide bonds. The quantitative estimate of drug-likeness (QED) is 0.461. The molecule has 0 spiro atoms. The second-order valence-electron chi connectivity index (χ2n) is 9.96. The van der Waals surface area contributed by atoms with Gasteiger partial charge in [0.15, 0.2) is 0 Å². The van der Waals surface area contributed by atoms with Crippen molar-refractivity contribution in [2.24, 2.45) is 0 Å². The third-order valence-electron chi connectivity index (χ3n) is 6.14. The van der Waals surface area contributed by atoms with Gasteiger partial charge in [-0.05, 0) is 61.7 Å². The van der Waals surface area contributed by atoms with Gasteiger partial charge in [0.25, 0.3) is 0 Å². The van der Waals surface area contributed by atoms with Gasteiger partial charge in [-0.15, -0.1) is 0 Å². The van der Waals surface area contributed by atoms with Crippen molar-refractivity contribution in [1.29, 1.82) is 0 Å². The van der Waals surface area contributed by atoms with Crippen LogP contribution in [0.1, 0.15) is 50.0 Å². The number of hydrogen-bond donors (Lipinski definition) is 1. The van der Waals surface area contributed by atoms with Gasteiger partial charge in [0.2, 0.25) is 0 Å². The summed E-state index contributed by atoms with van der Waals surface area (Å²) in [5.74, 6) is 1.03. The summed E-state index contributed by atoms with van der Waals surface area (Å²) in [6.45, 7) is 10.5. The molecule has 192 valence electrons. The number of hydrogen-bond acceptors (Lipinski definition) is 7. The molecule has 4 rings (SSSR count). The van der Waals surface area contributed by atoms with E-state index in [0.29, 0.717) is 18.8 Å². The molecule has 8 nitrogen and oxygen atoms in total. The molecule has 36 heavy (non-hydrogen) atoms. The Morgan fingerprint density at radius 2 is 1.94 bits per heavy atom. The molecule has 1 unspecified atom stereocenters. The van der Waals surface area contributed by atoms with Crippen LogP contribution in [0.3, 0.4) is 0 Å². The Labute approximate surface area is 212 Å². The molecule has 0 saturated heterocycles. The zero-order valence-electron chi connectivity index (χ0n) is 21.3. The number of esters is 1. The van der Waals surface area contributed by atoms with Crippen molar-refractivity contribution in [3.05, 3.63) is 65.7 Å². The maximum atomic E-state index is 13.0. The van der Waals surface area contributed by atoms with Crippen molar-refractivity contribution < 1.29 is 28.5 Å². The third-order valence-corrected chi connectivity index (χ3v) is 6.14. The molecule has 2 heterocycles. The Balaban J connectivity index is 1.59. The fourth-order valence-electron chi connectivity index (χ4n) is 4.43. The normalized spacial score (nSPS) is 18.9. The van der Waals surface area contributed by atoms with E-state index in [0.717, 1.165) is 41.1 Å². The summed E-state index contributed by atoms with van der Waals surface area (Å²) in [7, 11) is 1.33. The van der Waals surface area contributed by atoms with E-state index in [4.69, 9.17) is 18.9 Å². The van der Waals surface area contributed by atoms with Crippen LogP contribution in [0.15, 0.2) is 49.1 Å². The highest BCUT2D eigenvalue weighted by atomic mass is 16.6. The van der Waals surface area contributed by atoms with Crippen LogP contribution in [0.4, 0.5) is 10.5 Å². The van der Waals surface area contributed by atoms with Crippen LogP contribution in [-0.4, -0.2) is 48.9 Å². The zero-order chi connectivity index (χ0) is 25.9. The van der Waals surface area contributed by atoms with Crippen LogP contribution >= 0.6 is 0 Å². The average Bonchev–Trinajstić information content (AvgIpc) is 3.06. The van der Waals surface area contributed by atoms with Gasteiger partial charge >= 0.3 is 12.1 Å². The third kappa shape index (κ3) is 5.75. The van der Waals surface area contributed by atoms with E-state index in [-0.39, 0.29) is 12.6 Å². The fourth-order valence-corrected chi connectivity index (χ4v) is 4.43. The van der Waals surface area contributed by atoms with Gasteiger partial charge in [0.05, 0.1) is 19.3 Å². The number of carbonyl (C=O) groups is 2. The van der Waals surface area contributed by atoms with Gasteiger partial charge in [0, 0.05) is 19.4 Å². The summed E-state index contributed by atoms with van der Waals surface area (Å²) in [6.07, 6.45) is 2.14. The lowest BCUT2D eigenvalue weighted by Gasteiger charge is -2.36. The van der Waals surface area contributed by atoms with E-state index in [9.17, 15) is 9.59 Å². The van der Waals surface area contributed by atoms with Crippen molar-refractivity contribution in [2.45, 2.75) is 57.9 Å². The Morgan fingerprint density at radius 3 is 2.61 bits per heavy atom. The molecule has 0 bridgehead atoms. The highest BCUT2D eigenvalue weighted by Gasteiger charge is 2.38. The molecule has 2 atom stereocenters. The van der Waals surface area contributed by atoms with Crippen LogP contribution in [0.25, 0.3) is 0 Å². The van der Waals surface area contributed by atoms with Gasteiger partial charge in [-0.25, -0.2) is 9.59 Å². The monoisotopic (exact) mass is 494 g/mol. The molecular weight excluding hydrogens is 460 g/mol. The van der Waals surface area contributed by atoms with Crippen molar-refractivity contribution in [3.8, 4) is 11.5 Å². The van der Waals surface area contributed by atoms with Crippen molar-refractivity contribution in [3.63, 3.8) is 0 Å². The highest BCUT2D eigenvalue weighted by Crippen LogP contribution is 2.39. The second kappa shape index (κ2) is 10.5. The Bertz CT molecular complexity index is 1120. The number of carbonyl (C=O) groups excluding carboxylic acids is 2. The predicted molar refractivity (Wildman–Crippen MR) is 136 cm³/mol. The number of benzene rings is 2. The van der Waals surface area contributed by atoms with E-state index in [1.165, 1.54) is 12.0 Å². The lowest BCUT2D eigenvalue weighted by molar-refractivity contribution is -0.147. The smallest absolute Gasteiger partial charge is 0.411 e. The Kier molecular flexibility index (Phi) is 7.43. The number of rotatable bonds is 5. The number of nitrogens with zero attached hydrogens (tertiary/aromatic N) is 1. The predicted octanol–water partition coefficient (Wildman–Crippen LogP) is 5.02. The molecule has 0 aliphatic carbocycles. The van der Waals surface area contributed by atoms with Crippen LogP contribution in [0.5, 0.6) is 11.5 Å². The number of methoxy groups -OCH3 is 1. The van der Waals surface area contributed by atoms with E-state index in [1.54, 1.807) is 26.8 Å². The molecule has 0 fully saturated rings. The van der Waals surface area contributed by atoms with E-state index < -0.39 is 23.7 Å². The molecule has 0 saturated carbocycles. The molecular formula is C28H34N2O6. The van der Waals surface area contributed by atoms with Gasteiger partial charge in [-0.2, -0.15) is 0 Å². The minimum atomic E-state index is -0.753. The Morgan fingerprint density at radius 1 is 1.19 bits per heavy atom. The number of nitrogens with one attached hydrogen (secondary N) is 1. The summed E-state index contributed by atoms with van der Waals surface area (Å²) in [6, 6.07) is 11.1. The van der Waals surface area contributed by atoms with Crippen LogP contribution in [0, 0.1) is 0 Å². The Hall–Kier alpha value is -3.68. The fraction of sp³-hybridized carbons (Fsp3) is 0.429. The van der Waals surface area contributed by atoms with E-state index >= 15 is 0 Å². The first kappa shape index (κ1) is 25.4. The summed E-state index contributed by atoms with van der Waals surface area (Å²) in [4.78, 5) is 27.0. The minimum absolute atomic E-state index is 0.140. The largest absolute Gasteiger partial charge is 0.490 e. The maximum absolute atomic E-state index is 13.0. The van der Waals surface area contributed by atoms with E-state index in [2.05, 4.69) is 11.9 Å². The molecule has 2 aromatic carbocycles. The number of amides is 1. The topological polar surface area (TPSA) is 86.3 Å². The standard InChI is InChI=1S/C28H34N2O6/c1-6-13-34-21-9-7-18(8-10-21)24-11-12-29-22-14-19-15-23(26(31)33-5)30(27(32)36-28(2,3)4)17-20(19)16-25(22)35-24/h6-10,14,16,23-24,29H,1,11-13,15,17H2,2-5H3/t23-,24?/m0/s1. The van der Waals surface area contributed by atoms with Crippen LogP contribution in [-0.2, 0) is 27.2 Å². The molecule has 1 N–H and O–H groups in total. The summed E-state index contributed by atoms with van der Waals surface area (Å²) >= 11 is 0. The molecule has 0 radical (unpaired) electrons. The second-order valence-corrected chi connectivity index (χ2v) is 9.96. The van der Waals surface area contributed by atoms with Crippen LogP contribution < -0.4 is 14.8 Å². The summed E-state index contributed by atoms with van der Waals surface area (Å²) < 4.78 is 22.6. The lowest BCUT2D eigenvalue weighted by atomic mass is 9.93. The number of fused-ring (bicyclic) bond motifs is 2. The van der Waals surface area contributed by atoms with Gasteiger partial charge in [0.1, 0.15) is 35.9 Å².